The van der Waals surface area contributed by atoms with Crippen molar-refractivity contribution in [3.05, 3.63) is 0 Å². The van der Waals surface area contributed by atoms with E-state index in [9.17, 15) is 0 Å². The van der Waals surface area contributed by atoms with Gasteiger partial charge in [-0.1, -0.05) is 0 Å². The molecule has 0 amide bonds. The maximum Gasteiger partial charge on any atom is 0.165 e. The summed E-state index contributed by atoms with van der Waals surface area (Å²) in [5.41, 5.74) is 0. The lowest BCUT2D eigenvalue weighted by Gasteiger charge is -2.41. The molecule has 0 rings (SSSR count). The largest absolute Gasteiger partial charge is 0.399 e. The minimum Gasteiger partial charge on any atom is -0.399 e. The van der Waals surface area contributed by atoms with Crippen LogP contribution < -0.4 is 0 Å². The van der Waals surface area contributed by atoms with Gasteiger partial charge in [0.25, 0.3) is 0 Å². The Morgan fingerprint density at radius 1 is 1.10 bits per heavy atom. The van der Waals surface area contributed by atoms with Crippen LogP contribution in [0.15, 0.2) is 0 Å². The normalized spacial score (nSPS) is 13.5. The Kier molecular flexibility index (Phi) is 3.51. The van der Waals surface area contributed by atoms with Gasteiger partial charge in [-0.15, -0.1) is 0 Å². The standard InChI is InChI=1S/C6H18N2OSi/c1-6(9-10,7(2)3)8(4)5/h1-5,10H3. The van der Waals surface area contributed by atoms with Crippen LogP contribution in [0.5, 0.6) is 0 Å². The highest BCUT2D eigenvalue weighted by atomic mass is 28.2. The molecule has 0 saturated carbocycles. The van der Waals surface area contributed by atoms with Crippen LogP contribution in [0.25, 0.3) is 0 Å². The quantitative estimate of drug-likeness (QED) is 0.394. The molecule has 0 saturated heterocycles. The Balaban J connectivity index is 4.23. The predicted octanol–water partition coefficient (Wildman–Crippen LogP) is -0.920. The maximum absolute atomic E-state index is 5.45. The van der Waals surface area contributed by atoms with E-state index < -0.39 is 0 Å². The van der Waals surface area contributed by atoms with Gasteiger partial charge in [0, 0.05) is 0 Å². The summed E-state index contributed by atoms with van der Waals surface area (Å²) in [6, 6.07) is 0. The van der Waals surface area contributed by atoms with Gasteiger partial charge < -0.3 is 4.43 Å². The monoisotopic (exact) mass is 162 g/mol. The topological polar surface area (TPSA) is 15.7 Å². The third-order valence-corrected chi connectivity index (χ3v) is 2.82. The molecule has 10 heavy (non-hydrogen) atoms. The average Bonchev–Trinajstić information content (AvgIpc) is 1.85. The Morgan fingerprint density at radius 3 is 1.40 bits per heavy atom. The molecule has 0 aliphatic rings. The highest BCUT2D eigenvalue weighted by Gasteiger charge is 2.27. The molecule has 0 aromatic rings. The molecule has 0 heterocycles. The molecular formula is C6H18N2OSi. The van der Waals surface area contributed by atoms with E-state index in [-0.39, 0.29) is 5.85 Å². The maximum atomic E-state index is 5.45. The molecule has 62 valence electrons. The lowest BCUT2D eigenvalue weighted by molar-refractivity contribution is -0.141. The zero-order valence-corrected chi connectivity index (χ0v) is 9.80. The molecule has 0 aliphatic carbocycles. The van der Waals surface area contributed by atoms with E-state index in [1.807, 2.05) is 28.2 Å². The molecule has 0 spiro atoms. The number of rotatable bonds is 3. The van der Waals surface area contributed by atoms with Crippen molar-refractivity contribution in [1.29, 1.82) is 0 Å². The zero-order valence-electron chi connectivity index (χ0n) is 7.80. The first kappa shape index (κ1) is 10.1. The molecule has 3 nitrogen and oxygen atoms in total. The van der Waals surface area contributed by atoms with Gasteiger partial charge in [0.05, 0.1) is 0 Å². The first-order valence-electron chi connectivity index (χ1n) is 3.35. The molecule has 0 unspecified atom stereocenters. The Bertz CT molecular complexity index is 97.9. The van der Waals surface area contributed by atoms with Crippen molar-refractivity contribution in [3.8, 4) is 0 Å². The fourth-order valence-corrected chi connectivity index (χ4v) is 1.50. The van der Waals surface area contributed by atoms with Gasteiger partial charge in [-0.05, 0) is 35.1 Å². The zero-order chi connectivity index (χ0) is 8.36. The molecular weight excluding hydrogens is 144 g/mol. The van der Waals surface area contributed by atoms with Crippen LogP contribution in [-0.2, 0) is 4.43 Å². The summed E-state index contributed by atoms with van der Waals surface area (Å²) in [6.07, 6.45) is 0. The predicted molar refractivity (Wildman–Crippen MR) is 46.8 cm³/mol. The summed E-state index contributed by atoms with van der Waals surface area (Å²) in [4.78, 5) is 4.11. The van der Waals surface area contributed by atoms with E-state index >= 15 is 0 Å². The van der Waals surface area contributed by atoms with Gasteiger partial charge in [0.2, 0.25) is 0 Å². The SMILES string of the molecule is CN(C)C(C)(O[SiH3])N(C)C. The van der Waals surface area contributed by atoms with Crippen LogP contribution in [0.1, 0.15) is 6.92 Å². The molecule has 0 bridgehead atoms. The molecule has 0 aromatic heterocycles. The van der Waals surface area contributed by atoms with E-state index in [2.05, 4.69) is 16.7 Å². The van der Waals surface area contributed by atoms with Gasteiger partial charge in [-0.25, -0.2) is 0 Å². The van der Waals surface area contributed by atoms with E-state index in [0.717, 1.165) is 10.5 Å². The van der Waals surface area contributed by atoms with E-state index in [4.69, 9.17) is 4.43 Å². The first-order valence-corrected chi connectivity index (χ1v) is 4.16. The molecule has 0 radical (unpaired) electrons. The van der Waals surface area contributed by atoms with Crippen LogP contribution in [0.2, 0.25) is 0 Å². The summed E-state index contributed by atoms with van der Waals surface area (Å²) >= 11 is 0. The van der Waals surface area contributed by atoms with Crippen molar-refractivity contribution < 1.29 is 4.43 Å². The lowest BCUT2D eigenvalue weighted by Crippen LogP contribution is -2.54. The summed E-state index contributed by atoms with van der Waals surface area (Å²) < 4.78 is 5.45. The van der Waals surface area contributed by atoms with Crippen LogP contribution in [0.3, 0.4) is 0 Å². The van der Waals surface area contributed by atoms with Gasteiger partial charge >= 0.3 is 0 Å². The molecule has 0 atom stereocenters. The third kappa shape index (κ3) is 1.79. The van der Waals surface area contributed by atoms with Crippen molar-refractivity contribution in [2.45, 2.75) is 12.8 Å². The van der Waals surface area contributed by atoms with Crippen LogP contribution in [-0.4, -0.2) is 54.3 Å². The Morgan fingerprint density at radius 2 is 1.40 bits per heavy atom. The van der Waals surface area contributed by atoms with Crippen molar-refractivity contribution in [1.82, 2.24) is 9.80 Å². The molecule has 0 fully saturated rings. The van der Waals surface area contributed by atoms with Gasteiger partial charge in [-0.2, -0.15) is 0 Å². The van der Waals surface area contributed by atoms with Gasteiger partial charge in [0.1, 0.15) is 10.5 Å². The second-order valence-electron chi connectivity index (χ2n) is 2.93. The Labute approximate surface area is 66.5 Å². The summed E-state index contributed by atoms with van der Waals surface area (Å²) in [7, 11) is 8.81. The molecule has 0 N–H and O–H groups in total. The van der Waals surface area contributed by atoms with Crippen LogP contribution in [0.4, 0.5) is 0 Å². The minimum absolute atomic E-state index is 0.230. The second kappa shape index (κ2) is 3.48. The van der Waals surface area contributed by atoms with Crippen LogP contribution >= 0.6 is 0 Å². The van der Waals surface area contributed by atoms with E-state index in [1.54, 1.807) is 0 Å². The van der Waals surface area contributed by atoms with E-state index in [1.165, 1.54) is 0 Å². The van der Waals surface area contributed by atoms with E-state index in [0.29, 0.717) is 0 Å². The summed E-state index contributed by atoms with van der Waals surface area (Å²) in [5.74, 6) is -0.230. The summed E-state index contributed by atoms with van der Waals surface area (Å²) in [5, 5.41) is 0. The smallest absolute Gasteiger partial charge is 0.165 e. The third-order valence-electron chi connectivity index (χ3n) is 2.05. The number of hydrogen-bond donors (Lipinski definition) is 0. The molecule has 0 aliphatic heterocycles. The molecule has 0 aromatic carbocycles. The summed E-state index contributed by atoms with van der Waals surface area (Å²) in [6.45, 7) is 2.06. The Hall–Kier alpha value is 0.0969. The average molecular weight is 162 g/mol. The second-order valence-corrected chi connectivity index (χ2v) is 3.34. The fraction of sp³-hybridized carbons (Fsp3) is 1.00. The van der Waals surface area contributed by atoms with Crippen molar-refractivity contribution in [2.24, 2.45) is 0 Å². The van der Waals surface area contributed by atoms with Crippen molar-refractivity contribution in [2.75, 3.05) is 28.2 Å². The highest BCUT2D eigenvalue weighted by Crippen LogP contribution is 2.13. The number of hydrogen-bond acceptors (Lipinski definition) is 3. The highest BCUT2D eigenvalue weighted by molar-refractivity contribution is 5.98. The number of nitrogens with zero attached hydrogens (tertiary/aromatic N) is 2. The molecule has 4 heteroatoms. The fourth-order valence-electron chi connectivity index (χ4n) is 0.765. The van der Waals surface area contributed by atoms with Crippen molar-refractivity contribution >= 4 is 10.5 Å². The van der Waals surface area contributed by atoms with Crippen LogP contribution in [0, 0.1) is 0 Å². The van der Waals surface area contributed by atoms with Gasteiger partial charge in [-0.3, -0.25) is 9.80 Å². The first-order chi connectivity index (χ1) is 4.45. The van der Waals surface area contributed by atoms with Gasteiger partial charge in [0.15, 0.2) is 5.85 Å². The lowest BCUT2D eigenvalue weighted by atomic mass is 10.4. The minimum atomic E-state index is -0.230. The van der Waals surface area contributed by atoms with Crippen molar-refractivity contribution in [3.63, 3.8) is 0 Å².